The van der Waals surface area contributed by atoms with Crippen LogP contribution in [0, 0.1) is 5.82 Å². The Bertz CT molecular complexity index is 1390. The van der Waals surface area contributed by atoms with E-state index in [1.807, 2.05) is 0 Å². The predicted molar refractivity (Wildman–Crippen MR) is 125 cm³/mol. The molecule has 0 atom stereocenters. The average molecular weight is 478 g/mol. The van der Waals surface area contributed by atoms with E-state index in [9.17, 15) is 19.1 Å². The van der Waals surface area contributed by atoms with Gasteiger partial charge in [-0.15, -0.1) is 11.3 Å². The molecule has 1 aromatic heterocycles. The second-order valence-electron chi connectivity index (χ2n) is 7.24. The monoisotopic (exact) mass is 477 g/mol. The summed E-state index contributed by atoms with van der Waals surface area (Å²) in [6.07, 6.45) is 1.70. The number of benzene rings is 3. The van der Waals surface area contributed by atoms with Gasteiger partial charge in [-0.25, -0.2) is 9.37 Å². The van der Waals surface area contributed by atoms with Crippen molar-refractivity contribution < 1.29 is 19.1 Å². The number of aromatic hydroxyl groups is 1. The van der Waals surface area contributed by atoms with E-state index < -0.39 is 11.7 Å². The van der Waals surface area contributed by atoms with Crippen molar-refractivity contribution in [3.8, 4) is 16.3 Å². The Morgan fingerprint density at radius 2 is 1.94 bits per heavy atom. The molecule has 9 heteroatoms. The van der Waals surface area contributed by atoms with Gasteiger partial charge in [0.25, 0.3) is 11.8 Å². The van der Waals surface area contributed by atoms with Gasteiger partial charge in [0.05, 0.1) is 22.7 Å². The molecule has 1 aliphatic heterocycles. The van der Waals surface area contributed by atoms with Crippen molar-refractivity contribution >= 4 is 40.6 Å². The van der Waals surface area contributed by atoms with Gasteiger partial charge in [0.1, 0.15) is 16.6 Å². The average Bonchev–Trinajstić information content (AvgIpc) is 3.23. The van der Waals surface area contributed by atoms with Crippen molar-refractivity contribution in [1.29, 1.82) is 0 Å². The fourth-order valence-corrected chi connectivity index (χ4v) is 5.21. The molecule has 3 aromatic carbocycles. The molecule has 0 saturated carbocycles. The fraction of sp³-hybridized carbons (Fsp3) is 0.0417. The molecule has 3 N–H and O–H groups in total. The van der Waals surface area contributed by atoms with Crippen LogP contribution in [-0.2, 0) is 6.54 Å². The normalized spacial score (nSPS) is 12.3. The van der Waals surface area contributed by atoms with E-state index in [0.29, 0.717) is 22.7 Å². The molecule has 0 saturated heterocycles. The topological polar surface area (TPSA) is 91.3 Å². The molecule has 0 fully saturated rings. The first-order valence-electron chi connectivity index (χ1n) is 9.92. The number of thiazole rings is 1. The highest BCUT2D eigenvalue weighted by atomic mass is 32.2. The Hall–Kier alpha value is -3.69. The van der Waals surface area contributed by atoms with Crippen molar-refractivity contribution in [3.63, 3.8) is 0 Å². The van der Waals surface area contributed by atoms with Crippen molar-refractivity contribution in [2.24, 2.45) is 0 Å². The first-order valence-corrected chi connectivity index (χ1v) is 11.6. The third kappa shape index (κ3) is 4.33. The highest BCUT2D eigenvalue weighted by Crippen LogP contribution is 2.40. The number of hydrogen-bond acceptors (Lipinski definition) is 6. The Morgan fingerprint density at radius 1 is 1.12 bits per heavy atom. The van der Waals surface area contributed by atoms with E-state index in [0.717, 1.165) is 27.2 Å². The zero-order chi connectivity index (χ0) is 22.9. The van der Waals surface area contributed by atoms with E-state index >= 15 is 0 Å². The number of anilines is 1. The molecular formula is C24H16FN3O3S2. The number of rotatable bonds is 4. The minimum absolute atomic E-state index is 0.187. The lowest BCUT2D eigenvalue weighted by Gasteiger charge is -2.09. The maximum atomic E-state index is 14.2. The fourth-order valence-electron chi connectivity index (χ4n) is 3.35. The van der Waals surface area contributed by atoms with Crippen LogP contribution in [0.5, 0.6) is 5.75 Å². The van der Waals surface area contributed by atoms with Crippen LogP contribution >= 0.6 is 23.1 Å². The first-order chi connectivity index (χ1) is 16.0. The molecule has 1 aliphatic rings. The van der Waals surface area contributed by atoms with Crippen LogP contribution in [0.1, 0.15) is 25.6 Å². The lowest BCUT2D eigenvalue weighted by Crippen LogP contribution is -2.22. The van der Waals surface area contributed by atoms with Gasteiger partial charge in [0, 0.05) is 27.1 Å². The second-order valence-corrected chi connectivity index (χ2v) is 9.41. The summed E-state index contributed by atoms with van der Waals surface area (Å²) < 4.78 is 14.2. The Labute approximate surface area is 196 Å². The number of phenols is 1. The minimum Gasteiger partial charge on any atom is -0.508 e. The summed E-state index contributed by atoms with van der Waals surface area (Å²) in [5.74, 6) is -0.991. The molecular weight excluding hydrogens is 461 g/mol. The third-order valence-electron chi connectivity index (χ3n) is 5.00. The zero-order valence-electron chi connectivity index (χ0n) is 17.0. The van der Waals surface area contributed by atoms with Crippen LogP contribution in [0.15, 0.2) is 76.7 Å². The number of nitrogens with one attached hydrogen (secondary N) is 2. The van der Waals surface area contributed by atoms with Crippen molar-refractivity contribution in [2.75, 3.05) is 5.32 Å². The summed E-state index contributed by atoms with van der Waals surface area (Å²) in [5, 5.41) is 15.8. The van der Waals surface area contributed by atoms with Crippen molar-refractivity contribution in [1.82, 2.24) is 10.3 Å². The molecule has 0 aliphatic carbocycles. The van der Waals surface area contributed by atoms with Gasteiger partial charge in [-0.2, -0.15) is 0 Å². The Kier molecular flexibility index (Phi) is 5.57. The van der Waals surface area contributed by atoms with Crippen LogP contribution in [-0.4, -0.2) is 21.9 Å². The molecule has 33 heavy (non-hydrogen) atoms. The van der Waals surface area contributed by atoms with Crippen LogP contribution in [0.25, 0.3) is 10.6 Å². The number of carbonyl (C=O) groups excluding carboxylic acids is 2. The van der Waals surface area contributed by atoms with E-state index in [4.69, 9.17) is 0 Å². The van der Waals surface area contributed by atoms with Crippen LogP contribution in [0.4, 0.5) is 10.1 Å². The van der Waals surface area contributed by atoms with Gasteiger partial charge < -0.3 is 15.7 Å². The number of aromatic nitrogens is 1. The number of hydrogen-bond donors (Lipinski definition) is 3. The molecule has 164 valence electrons. The molecule has 6 nitrogen and oxygen atoms in total. The number of nitrogens with zero attached hydrogens (tertiary/aromatic N) is 1. The summed E-state index contributed by atoms with van der Waals surface area (Å²) in [4.78, 5) is 31.4. The van der Waals surface area contributed by atoms with Gasteiger partial charge in [-0.1, -0.05) is 17.8 Å². The molecule has 0 radical (unpaired) electrons. The summed E-state index contributed by atoms with van der Waals surface area (Å²) in [6.45, 7) is 0.295. The summed E-state index contributed by atoms with van der Waals surface area (Å²) in [6, 6.07) is 16.1. The van der Waals surface area contributed by atoms with Crippen LogP contribution < -0.4 is 10.6 Å². The SMILES string of the molecule is O=C(NCc1cnc(-c2ccc(O)cc2)s1)c1ccc2c(c1)NC(=O)c1cccc(F)c1S2. The minimum atomic E-state index is -0.460. The highest BCUT2D eigenvalue weighted by molar-refractivity contribution is 7.99. The molecule has 0 spiro atoms. The lowest BCUT2D eigenvalue weighted by atomic mass is 10.1. The smallest absolute Gasteiger partial charge is 0.256 e. The molecule has 0 unspecified atom stereocenters. The van der Waals surface area contributed by atoms with Gasteiger partial charge in [-0.3, -0.25) is 9.59 Å². The number of fused-ring (bicyclic) bond motifs is 2. The van der Waals surface area contributed by atoms with Crippen molar-refractivity contribution in [3.05, 3.63) is 88.7 Å². The third-order valence-corrected chi connectivity index (χ3v) is 7.25. The maximum Gasteiger partial charge on any atom is 0.256 e. The second kappa shape index (κ2) is 8.68. The maximum absolute atomic E-state index is 14.2. The Balaban J connectivity index is 1.30. The molecule has 4 aromatic rings. The molecule has 2 heterocycles. The molecule has 2 amide bonds. The largest absolute Gasteiger partial charge is 0.508 e. The first kappa shape index (κ1) is 21.2. The lowest BCUT2D eigenvalue weighted by molar-refractivity contribution is 0.0949. The number of amides is 2. The van der Waals surface area contributed by atoms with Crippen LogP contribution in [0.2, 0.25) is 0 Å². The molecule has 5 rings (SSSR count). The summed E-state index contributed by atoms with van der Waals surface area (Å²) in [5.41, 5.74) is 1.98. The molecule has 0 bridgehead atoms. The quantitative estimate of drug-likeness (QED) is 0.371. The standard InChI is InChI=1S/C24H16FN3O3S2/c25-18-3-1-2-17-21(18)33-20-9-6-14(10-19(20)28-23(17)31)22(30)26-11-16-12-27-24(32-16)13-4-7-15(29)8-5-13/h1-10,12,29H,11H2,(H,26,30)(H,28,31). The van der Waals surface area contributed by atoms with Crippen molar-refractivity contribution in [2.45, 2.75) is 16.3 Å². The number of halogens is 1. The number of phenolic OH excluding ortho intramolecular Hbond substituents is 1. The predicted octanol–water partition coefficient (Wildman–Crippen LogP) is 5.30. The van der Waals surface area contributed by atoms with E-state index in [-0.39, 0.29) is 22.1 Å². The summed E-state index contributed by atoms with van der Waals surface area (Å²) >= 11 is 2.60. The van der Waals surface area contributed by atoms with Crippen LogP contribution in [0.3, 0.4) is 0 Å². The van der Waals surface area contributed by atoms with E-state index in [1.54, 1.807) is 54.7 Å². The van der Waals surface area contributed by atoms with E-state index in [1.165, 1.54) is 23.5 Å². The van der Waals surface area contributed by atoms with Gasteiger partial charge in [-0.05, 0) is 54.6 Å². The van der Waals surface area contributed by atoms with E-state index in [2.05, 4.69) is 15.6 Å². The number of carbonyl (C=O) groups is 2. The highest BCUT2D eigenvalue weighted by Gasteiger charge is 2.23. The summed E-state index contributed by atoms with van der Waals surface area (Å²) in [7, 11) is 0. The van der Waals surface area contributed by atoms with Gasteiger partial charge in [0.2, 0.25) is 0 Å². The van der Waals surface area contributed by atoms with Gasteiger partial charge >= 0.3 is 0 Å². The zero-order valence-corrected chi connectivity index (χ0v) is 18.6. The Morgan fingerprint density at radius 3 is 2.76 bits per heavy atom. The van der Waals surface area contributed by atoms with Gasteiger partial charge in [0.15, 0.2) is 0 Å².